The van der Waals surface area contributed by atoms with E-state index in [0.29, 0.717) is 35.8 Å². The van der Waals surface area contributed by atoms with Gasteiger partial charge in [0.15, 0.2) is 17.3 Å². The number of carbonyl (C=O) groups excluding carboxylic acids is 2. The fourth-order valence-electron chi connectivity index (χ4n) is 3.51. The fraction of sp³-hybridized carbons (Fsp3) is 0.391. The van der Waals surface area contributed by atoms with Crippen LogP contribution in [0.4, 0.5) is 0 Å². The first-order chi connectivity index (χ1) is 14.4. The third-order valence-corrected chi connectivity index (χ3v) is 5.10. The van der Waals surface area contributed by atoms with Crippen molar-refractivity contribution in [1.29, 1.82) is 0 Å². The molecular formula is C23H29NO6. The van der Waals surface area contributed by atoms with Crippen LogP contribution in [0, 0.1) is 5.92 Å². The van der Waals surface area contributed by atoms with Gasteiger partial charge in [0, 0.05) is 38.5 Å². The zero-order valence-electron chi connectivity index (χ0n) is 18.1. The van der Waals surface area contributed by atoms with Crippen molar-refractivity contribution in [3.05, 3.63) is 59.9 Å². The lowest BCUT2D eigenvalue weighted by Crippen LogP contribution is -2.45. The Hall–Kier alpha value is -3.06. The van der Waals surface area contributed by atoms with E-state index in [1.165, 1.54) is 20.1 Å². The summed E-state index contributed by atoms with van der Waals surface area (Å²) in [5.41, 5.74) is -0.354. The predicted octanol–water partition coefficient (Wildman–Crippen LogP) is 3.07. The lowest BCUT2D eigenvalue weighted by Gasteiger charge is -2.39. The second-order valence-corrected chi connectivity index (χ2v) is 6.77. The maximum absolute atomic E-state index is 12.8. The van der Waals surface area contributed by atoms with Crippen LogP contribution in [-0.2, 0) is 14.3 Å². The molecule has 2 atom stereocenters. The van der Waals surface area contributed by atoms with E-state index in [0.717, 1.165) is 0 Å². The van der Waals surface area contributed by atoms with Crippen LogP contribution in [-0.4, -0.2) is 52.3 Å². The number of amides is 1. The molecule has 0 aromatic heterocycles. The zero-order chi connectivity index (χ0) is 22.1. The molecule has 1 aromatic carbocycles. The van der Waals surface area contributed by atoms with E-state index in [2.05, 4.69) is 5.32 Å². The van der Waals surface area contributed by atoms with Crippen LogP contribution in [0.2, 0.25) is 0 Å². The van der Waals surface area contributed by atoms with Crippen molar-refractivity contribution in [3.63, 3.8) is 0 Å². The summed E-state index contributed by atoms with van der Waals surface area (Å²) in [6, 6.07) is 5.02. The van der Waals surface area contributed by atoms with Crippen LogP contribution < -0.4 is 14.8 Å². The molecule has 1 amide bonds. The minimum Gasteiger partial charge on any atom is -0.498 e. The molecule has 0 heterocycles. The summed E-state index contributed by atoms with van der Waals surface area (Å²) in [6.45, 7) is 1.87. The van der Waals surface area contributed by atoms with E-state index in [9.17, 15) is 9.59 Å². The maximum Gasteiger partial charge on any atom is 0.216 e. The number of nitrogens with one attached hydrogen (secondary N) is 1. The fourth-order valence-corrected chi connectivity index (χ4v) is 3.51. The van der Waals surface area contributed by atoms with Gasteiger partial charge in [0.25, 0.3) is 0 Å². The molecule has 1 aliphatic rings. The van der Waals surface area contributed by atoms with E-state index in [1.807, 2.05) is 18.2 Å². The summed E-state index contributed by atoms with van der Waals surface area (Å²) in [4.78, 5) is 24.0. The number of benzene rings is 1. The molecule has 7 nitrogen and oxygen atoms in total. The molecule has 2 unspecified atom stereocenters. The van der Waals surface area contributed by atoms with Crippen molar-refractivity contribution in [3.8, 4) is 11.5 Å². The van der Waals surface area contributed by atoms with Crippen LogP contribution >= 0.6 is 0 Å². The first-order valence-electron chi connectivity index (χ1n) is 9.59. The van der Waals surface area contributed by atoms with Gasteiger partial charge >= 0.3 is 0 Å². The Labute approximate surface area is 177 Å². The summed E-state index contributed by atoms with van der Waals surface area (Å²) in [6.07, 6.45) is 9.42. The van der Waals surface area contributed by atoms with Crippen LogP contribution in [0.25, 0.3) is 0 Å². The van der Waals surface area contributed by atoms with Crippen LogP contribution in [0.1, 0.15) is 23.7 Å². The third kappa shape index (κ3) is 5.10. The molecular weight excluding hydrogens is 386 g/mol. The van der Waals surface area contributed by atoms with Crippen molar-refractivity contribution in [1.82, 2.24) is 5.32 Å². The smallest absolute Gasteiger partial charge is 0.216 e. The highest BCUT2D eigenvalue weighted by Gasteiger charge is 2.42. The summed E-state index contributed by atoms with van der Waals surface area (Å²) in [5.74, 6) is 1.11. The molecule has 2 rings (SSSR count). The summed E-state index contributed by atoms with van der Waals surface area (Å²) in [5, 5.41) is 2.79. The van der Waals surface area contributed by atoms with Gasteiger partial charge in [-0.05, 0) is 30.4 Å². The number of hydrogen-bond acceptors (Lipinski definition) is 6. The highest BCUT2D eigenvalue weighted by molar-refractivity contribution is 6.05. The van der Waals surface area contributed by atoms with Crippen molar-refractivity contribution in [2.45, 2.75) is 18.9 Å². The Morgan fingerprint density at radius 3 is 2.43 bits per heavy atom. The molecule has 1 aromatic rings. The monoisotopic (exact) mass is 415 g/mol. The van der Waals surface area contributed by atoms with Gasteiger partial charge in [-0.3, -0.25) is 9.59 Å². The molecule has 0 spiro atoms. The van der Waals surface area contributed by atoms with E-state index in [-0.39, 0.29) is 17.6 Å². The van der Waals surface area contributed by atoms with E-state index >= 15 is 0 Å². The van der Waals surface area contributed by atoms with Crippen molar-refractivity contribution in [2.75, 3.05) is 35.0 Å². The van der Waals surface area contributed by atoms with Gasteiger partial charge in [0.2, 0.25) is 5.91 Å². The summed E-state index contributed by atoms with van der Waals surface area (Å²) >= 11 is 0. The van der Waals surface area contributed by atoms with Gasteiger partial charge in [-0.2, -0.15) is 0 Å². The molecule has 162 valence electrons. The second kappa shape index (κ2) is 10.6. The maximum atomic E-state index is 12.8. The largest absolute Gasteiger partial charge is 0.498 e. The molecule has 0 saturated heterocycles. The molecule has 30 heavy (non-hydrogen) atoms. The number of carbonyl (C=O) groups is 2. The average Bonchev–Trinajstić information content (AvgIpc) is 2.76. The average molecular weight is 415 g/mol. The molecule has 0 fully saturated rings. The van der Waals surface area contributed by atoms with Crippen LogP contribution in [0.3, 0.4) is 0 Å². The molecule has 0 bridgehead atoms. The summed E-state index contributed by atoms with van der Waals surface area (Å²) in [7, 11) is 6.24. The van der Waals surface area contributed by atoms with Crippen molar-refractivity contribution >= 4 is 11.7 Å². The van der Waals surface area contributed by atoms with Gasteiger partial charge in [0.1, 0.15) is 11.4 Å². The molecule has 0 radical (unpaired) electrons. The number of allylic oxidation sites excluding steroid dienone is 3. The lowest BCUT2D eigenvalue weighted by molar-refractivity contribution is -0.119. The Kier molecular flexibility index (Phi) is 8.24. The second-order valence-electron chi connectivity index (χ2n) is 6.77. The quantitative estimate of drug-likeness (QED) is 0.467. The lowest BCUT2D eigenvalue weighted by atomic mass is 9.78. The Morgan fingerprint density at radius 2 is 1.83 bits per heavy atom. The molecule has 1 aliphatic carbocycles. The van der Waals surface area contributed by atoms with Gasteiger partial charge < -0.3 is 24.3 Å². The first kappa shape index (κ1) is 23.2. The minimum atomic E-state index is -0.833. The highest BCUT2D eigenvalue weighted by atomic mass is 16.5. The van der Waals surface area contributed by atoms with Crippen LogP contribution in [0.15, 0.2) is 54.3 Å². The molecule has 1 N–H and O–H groups in total. The molecule has 0 saturated carbocycles. The predicted molar refractivity (Wildman–Crippen MR) is 114 cm³/mol. The standard InChI is InChI=1S/C23H29NO6/c1-16(25)24-14-13-23(30-5)18(7-6-8-22(23)29-4)10-11-19(26)17-9-12-20(27-2)21(15-17)28-3/h6-12,15,18H,13-14H2,1-5H3,(H,24,25)/b11-10+. The zero-order valence-corrected chi connectivity index (χ0v) is 18.1. The van der Waals surface area contributed by atoms with Crippen molar-refractivity contribution < 1.29 is 28.5 Å². The SMILES string of the molecule is COC1=CC=CC(/C=C/C(=O)c2ccc(OC)c(OC)c2)C1(CCNC(C)=O)OC. The van der Waals surface area contributed by atoms with E-state index < -0.39 is 5.60 Å². The number of hydrogen-bond donors (Lipinski definition) is 1. The van der Waals surface area contributed by atoms with E-state index in [1.54, 1.807) is 45.6 Å². The van der Waals surface area contributed by atoms with Crippen LogP contribution in [0.5, 0.6) is 11.5 Å². The molecule has 7 heteroatoms. The molecule has 0 aliphatic heterocycles. The number of ether oxygens (including phenoxy) is 4. The number of rotatable bonds is 10. The highest BCUT2D eigenvalue weighted by Crippen LogP contribution is 2.38. The minimum absolute atomic E-state index is 0.119. The number of ketones is 1. The van der Waals surface area contributed by atoms with Gasteiger partial charge in [0.05, 0.1) is 21.3 Å². The van der Waals surface area contributed by atoms with Crippen molar-refractivity contribution in [2.24, 2.45) is 5.92 Å². The number of methoxy groups -OCH3 is 4. The normalized spacial score (nSPS) is 20.6. The van der Waals surface area contributed by atoms with Gasteiger partial charge in [-0.25, -0.2) is 0 Å². The van der Waals surface area contributed by atoms with Gasteiger partial charge in [-0.15, -0.1) is 0 Å². The third-order valence-electron chi connectivity index (χ3n) is 5.10. The van der Waals surface area contributed by atoms with Gasteiger partial charge in [-0.1, -0.05) is 18.2 Å². The Bertz CT molecular complexity index is 857. The topological polar surface area (TPSA) is 83.1 Å². The Morgan fingerprint density at radius 1 is 1.10 bits per heavy atom. The Balaban J connectivity index is 2.27. The van der Waals surface area contributed by atoms with E-state index in [4.69, 9.17) is 18.9 Å². The summed E-state index contributed by atoms with van der Waals surface area (Å²) < 4.78 is 21.9. The first-order valence-corrected chi connectivity index (χ1v) is 9.59.